The van der Waals surface area contributed by atoms with Gasteiger partial charge in [-0.25, -0.2) is 0 Å². The van der Waals surface area contributed by atoms with Gasteiger partial charge in [0.1, 0.15) is 4.58 Å². The van der Waals surface area contributed by atoms with Gasteiger partial charge in [0.25, 0.3) is 0 Å². The van der Waals surface area contributed by atoms with E-state index in [4.69, 9.17) is 0 Å². The molecule has 66 valence electrons. The van der Waals surface area contributed by atoms with E-state index in [2.05, 4.69) is 11.4 Å². The summed E-state index contributed by atoms with van der Waals surface area (Å²) in [6, 6.07) is 4.12. The minimum atomic E-state index is -0.634. The predicted octanol–water partition coefficient (Wildman–Crippen LogP) is 2.63. The van der Waals surface area contributed by atoms with Crippen LogP contribution in [0.1, 0.15) is 15.9 Å². The van der Waals surface area contributed by atoms with E-state index < -0.39 is 10.8 Å². The maximum absolute atomic E-state index is 11.6. The third-order valence-electron chi connectivity index (χ3n) is 1.77. The van der Waals surface area contributed by atoms with Gasteiger partial charge in [-0.1, -0.05) is 6.07 Å². The smallest absolute Gasteiger partial charge is 0.114 e. The van der Waals surface area contributed by atoms with Gasteiger partial charge in [-0.3, -0.25) is 4.21 Å². The maximum Gasteiger partial charge on any atom is 0.114 e. The Hall–Kier alpha value is 0.200. The van der Waals surface area contributed by atoms with Crippen molar-refractivity contribution in [1.82, 2.24) is 0 Å². The zero-order valence-corrected chi connectivity index (χ0v) is 9.01. The molecule has 1 unspecified atom stereocenters. The first-order valence-electron chi connectivity index (χ1n) is 3.90. The summed E-state index contributed by atoms with van der Waals surface area (Å²) in [6.07, 6.45) is 1.11. The molecule has 12 heavy (non-hydrogen) atoms. The number of hydrogen-bond donors (Lipinski definition) is 0. The van der Waals surface area contributed by atoms with Crippen molar-refractivity contribution in [2.24, 2.45) is 0 Å². The monoisotopic (exact) mass is 218 g/mol. The van der Waals surface area contributed by atoms with E-state index in [0.717, 1.165) is 17.9 Å². The van der Waals surface area contributed by atoms with Crippen LogP contribution in [-0.4, -0.2) is 15.7 Å². The van der Waals surface area contributed by atoms with Crippen LogP contribution in [0.4, 0.5) is 0 Å². The summed E-state index contributed by atoms with van der Waals surface area (Å²) in [4.78, 5) is 1.28. The fraction of sp³-hybridized carbons (Fsp3) is 0.500. The highest BCUT2D eigenvalue weighted by Gasteiger charge is 2.23. The van der Waals surface area contributed by atoms with Gasteiger partial charge in [0.2, 0.25) is 0 Å². The topological polar surface area (TPSA) is 17.1 Å². The molecule has 1 aromatic heterocycles. The normalized spacial score (nSPS) is 30.3. The lowest BCUT2D eigenvalue weighted by Crippen LogP contribution is -2.12. The van der Waals surface area contributed by atoms with Crippen LogP contribution in [0.5, 0.6) is 0 Å². The lowest BCUT2D eigenvalue weighted by atomic mass is 10.5. The second-order valence-electron chi connectivity index (χ2n) is 2.66. The van der Waals surface area contributed by atoms with Crippen LogP contribution in [0.25, 0.3) is 0 Å². The SMILES string of the molecule is O=S1CCCS[C@@H]1c1cccs1. The number of rotatable bonds is 1. The predicted molar refractivity (Wildman–Crippen MR) is 57.1 cm³/mol. The zero-order chi connectivity index (χ0) is 8.39. The summed E-state index contributed by atoms with van der Waals surface area (Å²) in [7, 11) is -0.634. The first-order valence-corrected chi connectivity index (χ1v) is 7.21. The van der Waals surface area contributed by atoms with Gasteiger partial charge in [0.15, 0.2) is 0 Å². The molecular weight excluding hydrogens is 208 g/mol. The van der Waals surface area contributed by atoms with Crippen LogP contribution in [-0.2, 0) is 10.8 Å². The first kappa shape index (κ1) is 8.78. The fourth-order valence-electron chi connectivity index (χ4n) is 1.21. The summed E-state index contributed by atoms with van der Waals surface area (Å²) in [5.74, 6) is 2.05. The van der Waals surface area contributed by atoms with Crippen molar-refractivity contribution in [3.8, 4) is 0 Å². The van der Waals surface area contributed by atoms with Crippen LogP contribution in [0.3, 0.4) is 0 Å². The second-order valence-corrected chi connectivity index (χ2v) is 6.79. The van der Waals surface area contributed by atoms with Gasteiger partial charge in [0.05, 0.1) is 0 Å². The van der Waals surface area contributed by atoms with Gasteiger partial charge in [0, 0.05) is 21.4 Å². The lowest BCUT2D eigenvalue weighted by molar-refractivity contribution is 0.680. The number of thiophene rings is 1. The molecule has 1 saturated heterocycles. The van der Waals surface area contributed by atoms with E-state index in [1.807, 2.05) is 17.8 Å². The second kappa shape index (κ2) is 3.94. The molecule has 2 heterocycles. The molecule has 4 heteroatoms. The van der Waals surface area contributed by atoms with Crippen LogP contribution in [0.2, 0.25) is 0 Å². The largest absolute Gasteiger partial charge is 0.258 e. The summed E-state index contributed by atoms with van der Waals surface area (Å²) in [6.45, 7) is 0. The zero-order valence-electron chi connectivity index (χ0n) is 6.56. The molecule has 0 spiro atoms. The summed E-state index contributed by atoms with van der Waals surface area (Å²) in [5, 5.41) is 2.06. The van der Waals surface area contributed by atoms with Crippen molar-refractivity contribution < 1.29 is 4.21 Å². The van der Waals surface area contributed by atoms with Crippen LogP contribution in [0, 0.1) is 0 Å². The van der Waals surface area contributed by atoms with Crippen LogP contribution in [0.15, 0.2) is 17.5 Å². The fourth-order valence-corrected chi connectivity index (χ4v) is 5.77. The maximum atomic E-state index is 11.6. The third kappa shape index (κ3) is 1.75. The van der Waals surface area contributed by atoms with Gasteiger partial charge in [-0.15, -0.1) is 23.1 Å². The standard InChI is InChI=1S/C8H10OS3/c9-12-6-2-5-11-8(12)7-3-1-4-10-7/h1,3-4,8H,2,5-6H2/t8-,12?/m0/s1. The number of thioether (sulfide) groups is 1. The van der Waals surface area contributed by atoms with Gasteiger partial charge in [-0.2, -0.15) is 0 Å². The molecule has 1 aliphatic heterocycles. The molecule has 0 bridgehead atoms. The molecule has 0 radical (unpaired) electrons. The van der Waals surface area contributed by atoms with Crippen molar-refractivity contribution >= 4 is 33.9 Å². The minimum Gasteiger partial charge on any atom is -0.258 e. The average molecular weight is 218 g/mol. The van der Waals surface area contributed by atoms with Crippen molar-refractivity contribution in [1.29, 1.82) is 0 Å². The van der Waals surface area contributed by atoms with E-state index in [0.29, 0.717) is 0 Å². The summed E-state index contributed by atoms with van der Waals surface area (Å²) < 4.78 is 11.9. The Labute approximate surface area is 83.0 Å². The highest BCUT2D eigenvalue weighted by atomic mass is 32.2. The third-order valence-corrected chi connectivity index (χ3v) is 6.56. The Kier molecular flexibility index (Phi) is 2.88. The molecule has 0 saturated carbocycles. The van der Waals surface area contributed by atoms with E-state index in [-0.39, 0.29) is 4.58 Å². The summed E-state index contributed by atoms with van der Waals surface area (Å²) >= 11 is 3.56. The van der Waals surface area contributed by atoms with Gasteiger partial charge < -0.3 is 0 Å². The van der Waals surface area contributed by atoms with Gasteiger partial charge in [-0.05, 0) is 23.6 Å². The van der Waals surface area contributed by atoms with E-state index >= 15 is 0 Å². The molecule has 0 amide bonds. The molecule has 0 N–H and O–H groups in total. The van der Waals surface area contributed by atoms with Crippen LogP contribution < -0.4 is 0 Å². The highest BCUT2D eigenvalue weighted by molar-refractivity contribution is 8.11. The van der Waals surface area contributed by atoms with E-state index in [1.54, 1.807) is 11.3 Å². The summed E-state index contributed by atoms with van der Waals surface area (Å²) in [5.41, 5.74) is 0. The van der Waals surface area contributed by atoms with E-state index in [1.165, 1.54) is 4.88 Å². The average Bonchev–Trinajstić information content (AvgIpc) is 2.57. The molecule has 1 fully saturated rings. The van der Waals surface area contributed by atoms with E-state index in [9.17, 15) is 4.21 Å². The minimum absolute atomic E-state index is 0.263. The lowest BCUT2D eigenvalue weighted by Gasteiger charge is -2.19. The van der Waals surface area contributed by atoms with Crippen molar-refractivity contribution in [2.75, 3.05) is 11.5 Å². The molecule has 1 aromatic rings. The quantitative estimate of drug-likeness (QED) is 0.721. The Balaban J connectivity index is 2.17. The Morgan fingerprint density at radius 3 is 3.17 bits per heavy atom. The van der Waals surface area contributed by atoms with Crippen molar-refractivity contribution in [3.05, 3.63) is 22.4 Å². The molecule has 0 aromatic carbocycles. The Morgan fingerprint density at radius 2 is 2.50 bits per heavy atom. The molecular formula is C8H10OS3. The highest BCUT2D eigenvalue weighted by Crippen LogP contribution is 2.38. The Morgan fingerprint density at radius 1 is 1.58 bits per heavy atom. The van der Waals surface area contributed by atoms with Crippen molar-refractivity contribution in [2.45, 2.75) is 11.0 Å². The Bertz CT molecular complexity index is 268. The molecule has 2 atom stereocenters. The number of hydrogen-bond acceptors (Lipinski definition) is 3. The van der Waals surface area contributed by atoms with Gasteiger partial charge >= 0.3 is 0 Å². The molecule has 2 rings (SSSR count). The first-order chi connectivity index (χ1) is 5.88. The molecule has 0 aliphatic carbocycles. The van der Waals surface area contributed by atoms with Crippen LogP contribution >= 0.6 is 23.1 Å². The molecule has 1 aliphatic rings. The molecule has 1 nitrogen and oxygen atoms in total. The van der Waals surface area contributed by atoms with Crippen molar-refractivity contribution in [3.63, 3.8) is 0 Å².